The Bertz CT molecular complexity index is 384. The first-order chi connectivity index (χ1) is 7.56. The molecule has 0 bridgehead atoms. The van der Waals surface area contributed by atoms with Crippen LogP contribution in [0.2, 0.25) is 5.02 Å². The van der Waals surface area contributed by atoms with E-state index in [1.165, 1.54) is 6.07 Å². The number of aliphatic hydroxyl groups is 1. The van der Waals surface area contributed by atoms with Crippen molar-refractivity contribution >= 4 is 34.9 Å². The van der Waals surface area contributed by atoms with Gasteiger partial charge in [0.2, 0.25) is 0 Å². The van der Waals surface area contributed by atoms with Crippen LogP contribution in [0.25, 0.3) is 0 Å². The molecule has 0 radical (unpaired) electrons. The highest BCUT2D eigenvalue weighted by molar-refractivity contribution is 6.34. The maximum absolute atomic E-state index is 10.9. The molecule has 0 aliphatic heterocycles. The minimum absolute atomic E-state index is 0.0641. The van der Waals surface area contributed by atoms with Crippen molar-refractivity contribution in [3.8, 4) is 0 Å². The van der Waals surface area contributed by atoms with Crippen molar-refractivity contribution in [2.45, 2.75) is 6.10 Å². The maximum atomic E-state index is 10.9. The van der Waals surface area contributed by atoms with Gasteiger partial charge < -0.3 is 15.5 Å². The lowest BCUT2D eigenvalue weighted by atomic mass is 10.1. The number of benzene rings is 1. The van der Waals surface area contributed by atoms with E-state index in [0.717, 1.165) is 0 Å². The molecule has 0 saturated carbocycles. The molecule has 16 heavy (non-hydrogen) atoms. The minimum Gasteiger partial charge on any atom is -0.478 e. The highest BCUT2D eigenvalue weighted by Gasteiger charge is 2.13. The van der Waals surface area contributed by atoms with Gasteiger partial charge in [-0.2, -0.15) is 0 Å². The number of carboxylic acids is 1. The van der Waals surface area contributed by atoms with E-state index in [1.54, 1.807) is 12.1 Å². The van der Waals surface area contributed by atoms with Crippen LogP contribution in [-0.2, 0) is 0 Å². The van der Waals surface area contributed by atoms with Crippen molar-refractivity contribution < 1.29 is 15.0 Å². The summed E-state index contributed by atoms with van der Waals surface area (Å²) in [7, 11) is 0. The average Bonchev–Trinajstić information content (AvgIpc) is 2.26. The van der Waals surface area contributed by atoms with E-state index in [9.17, 15) is 9.90 Å². The first-order valence-electron chi connectivity index (χ1n) is 4.56. The van der Waals surface area contributed by atoms with Gasteiger partial charge in [0.25, 0.3) is 0 Å². The Morgan fingerprint density at radius 3 is 2.75 bits per heavy atom. The van der Waals surface area contributed by atoms with Crippen molar-refractivity contribution in [3.05, 3.63) is 28.8 Å². The fourth-order valence-electron chi connectivity index (χ4n) is 1.16. The Hall–Kier alpha value is -0.970. The highest BCUT2D eigenvalue weighted by Crippen LogP contribution is 2.25. The van der Waals surface area contributed by atoms with Crippen LogP contribution in [0.15, 0.2) is 18.2 Å². The molecule has 0 amide bonds. The molecule has 0 fully saturated rings. The van der Waals surface area contributed by atoms with Gasteiger partial charge in [0.15, 0.2) is 0 Å². The second kappa shape index (κ2) is 5.94. The predicted molar refractivity (Wildman–Crippen MR) is 63.6 cm³/mol. The standard InChI is InChI=1S/C10H11Cl2NO3/c11-4-6(14)5-13-9-7(10(15)16)2-1-3-8(9)12/h1-3,6,13-14H,4-5H2,(H,15,16). The minimum atomic E-state index is -1.08. The topological polar surface area (TPSA) is 69.6 Å². The molecule has 0 spiro atoms. The van der Waals surface area contributed by atoms with E-state index < -0.39 is 12.1 Å². The van der Waals surface area contributed by atoms with E-state index in [2.05, 4.69) is 5.32 Å². The van der Waals surface area contributed by atoms with Crippen LogP contribution in [0.4, 0.5) is 5.69 Å². The molecule has 0 aromatic heterocycles. The van der Waals surface area contributed by atoms with Gasteiger partial charge in [0, 0.05) is 6.54 Å². The molecule has 1 atom stereocenters. The van der Waals surface area contributed by atoms with Crippen LogP contribution in [0, 0.1) is 0 Å². The number of aromatic carboxylic acids is 1. The lowest BCUT2D eigenvalue weighted by Crippen LogP contribution is -2.22. The van der Waals surface area contributed by atoms with Gasteiger partial charge in [-0.15, -0.1) is 11.6 Å². The molecule has 0 aliphatic carbocycles. The number of aliphatic hydroxyl groups excluding tert-OH is 1. The van der Waals surface area contributed by atoms with Crippen molar-refractivity contribution in [1.82, 2.24) is 0 Å². The van der Waals surface area contributed by atoms with Gasteiger partial charge in [-0.3, -0.25) is 0 Å². The van der Waals surface area contributed by atoms with Gasteiger partial charge in [-0.05, 0) is 12.1 Å². The third-order valence-electron chi connectivity index (χ3n) is 1.94. The van der Waals surface area contributed by atoms with Gasteiger partial charge >= 0.3 is 5.97 Å². The molecule has 1 aromatic carbocycles. The monoisotopic (exact) mass is 263 g/mol. The number of anilines is 1. The van der Waals surface area contributed by atoms with Crippen LogP contribution in [-0.4, -0.2) is 34.7 Å². The number of nitrogens with one attached hydrogen (secondary N) is 1. The number of carbonyl (C=O) groups is 1. The number of halogens is 2. The Balaban J connectivity index is 2.88. The highest BCUT2D eigenvalue weighted by atomic mass is 35.5. The maximum Gasteiger partial charge on any atom is 0.337 e. The molecular weight excluding hydrogens is 253 g/mol. The lowest BCUT2D eigenvalue weighted by Gasteiger charge is -2.13. The number of hydrogen-bond donors (Lipinski definition) is 3. The van der Waals surface area contributed by atoms with Crippen LogP contribution < -0.4 is 5.32 Å². The van der Waals surface area contributed by atoms with Gasteiger partial charge in [0.05, 0.1) is 28.3 Å². The molecule has 0 saturated heterocycles. The molecule has 0 heterocycles. The van der Waals surface area contributed by atoms with Crippen molar-refractivity contribution in [2.75, 3.05) is 17.7 Å². The van der Waals surface area contributed by atoms with E-state index in [-0.39, 0.29) is 18.0 Å². The van der Waals surface area contributed by atoms with Crippen molar-refractivity contribution in [3.63, 3.8) is 0 Å². The SMILES string of the molecule is O=C(O)c1cccc(Cl)c1NCC(O)CCl. The van der Waals surface area contributed by atoms with E-state index >= 15 is 0 Å². The predicted octanol–water partition coefficient (Wildman–Crippen LogP) is 2.05. The zero-order chi connectivity index (χ0) is 12.1. The molecule has 1 unspecified atom stereocenters. The van der Waals surface area contributed by atoms with Crippen LogP contribution >= 0.6 is 23.2 Å². The molecule has 0 aliphatic rings. The van der Waals surface area contributed by atoms with Crippen molar-refractivity contribution in [2.24, 2.45) is 0 Å². The Morgan fingerprint density at radius 1 is 1.50 bits per heavy atom. The second-order valence-corrected chi connectivity index (χ2v) is 3.87. The van der Waals surface area contributed by atoms with E-state index in [0.29, 0.717) is 10.7 Å². The average molecular weight is 264 g/mol. The summed E-state index contributed by atoms with van der Waals surface area (Å²) in [4.78, 5) is 10.9. The summed E-state index contributed by atoms with van der Waals surface area (Å²) in [5.74, 6) is -1.01. The molecule has 4 nitrogen and oxygen atoms in total. The largest absolute Gasteiger partial charge is 0.478 e. The van der Waals surface area contributed by atoms with Crippen LogP contribution in [0.1, 0.15) is 10.4 Å². The molecule has 6 heteroatoms. The number of alkyl halides is 1. The third kappa shape index (κ3) is 3.27. The Morgan fingerprint density at radius 2 is 2.19 bits per heavy atom. The van der Waals surface area contributed by atoms with E-state index in [4.69, 9.17) is 28.3 Å². The lowest BCUT2D eigenvalue weighted by molar-refractivity contribution is 0.0697. The first-order valence-corrected chi connectivity index (χ1v) is 5.47. The third-order valence-corrected chi connectivity index (χ3v) is 2.61. The van der Waals surface area contributed by atoms with Crippen LogP contribution in [0.5, 0.6) is 0 Å². The summed E-state index contributed by atoms with van der Waals surface area (Å²) in [6.45, 7) is 0.146. The fraction of sp³-hybridized carbons (Fsp3) is 0.300. The zero-order valence-electron chi connectivity index (χ0n) is 8.28. The molecule has 1 aromatic rings. The van der Waals surface area contributed by atoms with Gasteiger partial charge in [-0.1, -0.05) is 17.7 Å². The molecule has 88 valence electrons. The summed E-state index contributed by atoms with van der Waals surface area (Å²) >= 11 is 11.3. The smallest absolute Gasteiger partial charge is 0.337 e. The fourth-order valence-corrected chi connectivity index (χ4v) is 1.51. The summed E-state index contributed by atoms with van der Waals surface area (Å²) in [6, 6.07) is 4.56. The normalized spacial score (nSPS) is 12.2. The first kappa shape index (κ1) is 13.1. The zero-order valence-corrected chi connectivity index (χ0v) is 9.79. The Labute approximate surface area is 103 Å². The summed E-state index contributed by atoms with van der Waals surface area (Å²) in [5.41, 5.74) is 0.357. The number of hydrogen-bond acceptors (Lipinski definition) is 3. The Kier molecular flexibility index (Phi) is 4.86. The second-order valence-electron chi connectivity index (χ2n) is 3.16. The van der Waals surface area contributed by atoms with Gasteiger partial charge in [-0.25, -0.2) is 4.79 Å². The number of rotatable bonds is 5. The number of para-hydroxylation sites is 1. The molecular formula is C10H11Cl2NO3. The van der Waals surface area contributed by atoms with Crippen LogP contribution in [0.3, 0.4) is 0 Å². The summed E-state index contributed by atoms with van der Waals surface area (Å²) in [5, 5.41) is 21.2. The quantitative estimate of drug-likeness (QED) is 0.712. The summed E-state index contributed by atoms with van der Waals surface area (Å²) in [6.07, 6.45) is -0.750. The molecule has 1 rings (SSSR count). The van der Waals surface area contributed by atoms with E-state index in [1.807, 2.05) is 0 Å². The number of carboxylic acid groups (broad SMARTS) is 1. The van der Waals surface area contributed by atoms with Gasteiger partial charge in [0.1, 0.15) is 0 Å². The van der Waals surface area contributed by atoms with Crippen molar-refractivity contribution in [1.29, 1.82) is 0 Å². The molecule has 3 N–H and O–H groups in total. The summed E-state index contributed by atoms with van der Waals surface area (Å²) < 4.78 is 0.